The Hall–Kier alpha value is -3.91. The third kappa shape index (κ3) is 4.23. The first-order valence-corrected chi connectivity index (χ1v) is 10.5. The molecule has 0 aliphatic carbocycles. The zero-order valence-corrected chi connectivity index (χ0v) is 16.5. The zero-order valence-electron chi connectivity index (χ0n) is 15.6. The summed E-state index contributed by atoms with van der Waals surface area (Å²) in [6.07, 6.45) is 0. The lowest BCUT2D eigenvalue weighted by Gasteiger charge is -2.07. The molecule has 7 nitrogen and oxygen atoms in total. The molecular formula is C22H17N3O4S. The molecule has 0 saturated heterocycles. The van der Waals surface area contributed by atoms with Crippen LogP contribution in [0.2, 0.25) is 0 Å². The van der Waals surface area contributed by atoms with Gasteiger partial charge in [-0.25, -0.2) is 0 Å². The van der Waals surface area contributed by atoms with Crippen LogP contribution in [0.4, 0.5) is 5.69 Å². The number of anilines is 1. The number of fused-ring (bicyclic) bond motifs is 1. The minimum atomic E-state index is -3.92. The summed E-state index contributed by atoms with van der Waals surface area (Å²) in [6, 6.07) is 25.4. The lowest BCUT2D eigenvalue weighted by Crippen LogP contribution is -2.27. The van der Waals surface area contributed by atoms with Crippen LogP contribution in [0.3, 0.4) is 0 Å². The Bertz CT molecular complexity index is 1370. The van der Waals surface area contributed by atoms with E-state index in [2.05, 4.69) is 15.2 Å². The van der Waals surface area contributed by atoms with Gasteiger partial charge in [-0.05, 0) is 36.4 Å². The van der Waals surface area contributed by atoms with Crippen molar-refractivity contribution in [1.29, 1.82) is 0 Å². The fourth-order valence-corrected chi connectivity index (χ4v) is 3.61. The van der Waals surface area contributed by atoms with E-state index in [9.17, 15) is 13.2 Å². The maximum absolute atomic E-state index is 12.9. The average Bonchev–Trinajstić information content (AvgIpc) is 2.78. The first-order valence-electron chi connectivity index (χ1n) is 9.03. The van der Waals surface area contributed by atoms with Gasteiger partial charge in [-0.2, -0.15) is 13.2 Å². The summed E-state index contributed by atoms with van der Waals surface area (Å²) in [6.45, 7) is 0. The number of carbonyl (C=O) groups is 1. The zero-order chi connectivity index (χ0) is 21.0. The molecule has 1 amide bonds. The van der Waals surface area contributed by atoms with Crippen LogP contribution in [0.1, 0.15) is 10.4 Å². The summed E-state index contributed by atoms with van der Waals surface area (Å²) in [5.41, 5.74) is 0.993. The topological polar surface area (TPSA) is 101 Å². The van der Waals surface area contributed by atoms with Crippen molar-refractivity contribution in [1.82, 2.24) is 4.83 Å². The van der Waals surface area contributed by atoms with Gasteiger partial charge in [-0.1, -0.05) is 54.6 Å². The van der Waals surface area contributed by atoms with Crippen molar-refractivity contribution in [3.8, 4) is 0 Å². The normalized spacial score (nSPS) is 11.9. The van der Waals surface area contributed by atoms with Gasteiger partial charge in [0.15, 0.2) is 0 Å². The summed E-state index contributed by atoms with van der Waals surface area (Å²) in [7, 11) is -3.92. The quantitative estimate of drug-likeness (QED) is 0.484. The monoisotopic (exact) mass is 419 g/mol. The minimum absolute atomic E-state index is 0.0461. The van der Waals surface area contributed by atoms with Crippen LogP contribution in [0.5, 0.6) is 0 Å². The van der Waals surface area contributed by atoms with Gasteiger partial charge in [0, 0.05) is 11.1 Å². The Labute approximate surface area is 172 Å². The molecule has 0 unspecified atom stereocenters. The van der Waals surface area contributed by atoms with Gasteiger partial charge < -0.3 is 9.73 Å². The highest BCUT2D eigenvalue weighted by molar-refractivity contribution is 7.89. The molecule has 8 heteroatoms. The second kappa shape index (κ2) is 8.22. The van der Waals surface area contributed by atoms with Crippen molar-refractivity contribution in [2.75, 3.05) is 5.32 Å². The summed E-state index contributed by atoms with van der Waals surface area (Å²) >= 11 is 0. The van der Waals surface area contributed by atoms with E-state index in [1.165, 1.54) is 12.1 Å². The van der Waals surface area contributed by atoms with Gasteiger partial charge in [0.2, 0.25) is 5.55 Å². The second-order valence-electron chi connectivity index (χ2n) is 6.34. The van der Waals surface area contributed by atoms with Crippen molar-refractivity contribution in [3.63, 3.8) is 0 Å². The molecule has 0 aliphatic heterocycles. The highest BCUT2D eigenvalue weighted by Gasteiger charge is 2.16. The molecule has 4 aromatic rings. The molecule has 150 valence electrons. The summed E-state index contributed by atoms with van der Waals surface area (Å²) < 4.78 is 30.7. The van der Waals surface area contributed by atoms with Crippen molar-refractivity contribution in [2.24, 2.45) is 5.10 Å². The fourth-order valence-electron chi connectivity index (χ4n) is 2.79. The predicted molar refractivity (Wildman–Crippen MR) is 113 cm³/mol. The van der Waals surface area contributed by atoms with Gasteiger partial charge in [0.05, 0.1) is 4.90 Å². The number of nitrogens with zero attached hydrogens (tertiary/aromatic N) is 1. The van der Waals surface area contributed by atoms with Crippen LogP contribution in [0.25, 0.3) is 11.0 Å². The SMILES string of the molecule is O=C(Nc1ccccc1)c1cc2ccccc2oc1=NNS(=O)(=O)c1ccccc1. The smallest absolute Gasteiger partial charge is 0.276 e. The van der Waals surface area contributed by atoms with Crippen LogP contribution in [0.15, 0.2) is 105 Å². The average molecular weight is 419 g/mol. The molecule has 3 aromatic carbocycles. The van der Waals surface area contributed by atoms with E-state index in [4.69, 9.17) is 4.42 Å². The van der Waals surface area contributed by atoms with E-state index >= 15 is 0 Å². The Morgan fingerprint density at radius 3 is 2.20 bits per heavy atom. The molecule has 30 heavy (non-hydrogen) atoms. The molecular weight excluding hydrogens is 402 g/mol. The van der Waals surface area contributed by atoms with E-state index in [1.807, 2.05) is 12.1 Å². The van der Waals surface area contributed by atoms with Gasteiger partial charge >= 0.3 is 0 Å². The molecule has 0 saturated carbocycles. The second-order valence-corrected chi connectivity index (χ2v) is 8.00. The molecule has 0 bridgehead atoms. The lowest BCUT2D eigenvalue weighted by molar-refractivity contribution is 0.102. The number of hydrogen-bond donors (Lipinski definition) is 2. The van der Waals surface area contributed by atoms with E-state index in [0.717, 1.165) is 0 Å². The third-order valence-electron chi connectivity index (χ3n) is 4.25. The Balaban J connectivity index is 1.76. The van der Waals surface area contributed by atoms with Crippen LogP contribution < -0.4 is 15.7 Å². The van der Waals surface area contributed by atoms with Crippen molar-refractivity contribution < 1.29 is 17.6 Å². The number of rotatable bonds is 5. The summed E-state index contributed by atoms with van der Waals surface area (Å²) in [5, 5.41) is 7.34. The largest absolute Gasteiger partial charge is 0.436 e. The lowest BCUT2D eigenvalue weighted by atomic mass is 10.1. The van der Waals surface area contributed by atoms with E-state index in [-0.39, 0.29) is 16.0 Å². The predicted octanol–water partition coefficient (Wildman–Crippen LogP) is 3.48. The molecule has 2 N–H and O–H groups in total. The highest BCUT2D eigenvalue weighted by atomic mass is 32.2. The molecule has 1 aromatic heterocycles. The molecule has 0 spiro atoms. The molecule has 0 atom stereocenters. The van der Waals surface area contributed by atoms with E-state index < -0.39 is 15.9 Å². The van der Waals surface area contributed by atoms with Crippen LogP contribution in [-0.2, 0) is 10.0 Å². The first kappa shape index (κ1) is 19.4. The molecule has 1 heterocycles. The van der Waals surface area contributed by atoms with Crippen molar-refractivity contribution in [2.45, 2.75) is 4.90 Å². The molecule has 0 aliphatic rings. The Morgan fingerprint density at radius 2 is 1.47 bits per heavy atom. The number of para-hydroxylation sites is 2. The van der Waals surface area contributed by atoms with Gasteiger partial charge in [-0.15, -0.1) is 5.10 Å². The highest BCUT2D eigenvalue weighted by Crippen LogP contribution is 2.14. The van der Waals surface area contributed by atoms with Gasteiger partial charge in [-0.3, -0.25) is 4.79 Å². The maximum Gasteiger partial charge on any atom is 0.276 e. The minimum Gasteiger partial charge on any atom is -0.436 e. The van der Waals surface area contributed by atoms with Crippen LogP contribution in [0, 0.1) is 0 Å². The van der Waals surface area contributed by atoms with Crippen LogP contribution in [-0.4, -0.2) is 14.3 Å². The number of sulfonamides is 1. The molecule has 0 fully saturated rings. The van der Waals surface area contributed by atoms with Gasteiger partial charge in [0.1, 0.15) is 11.1 Å². The summed E-state index contributed by atoms with van der Waals surface area (Å²) in [5.74, 6) is -0.478. The third-order valence-corrected chi connectivity index (χ3v) is 5.48. The molecule has 0 radical (unpaired) electrons. The number of amides is 1. The summed E-state index contributed by atoms with van der Waals surface area (Å²) in [4.78, 5) is 15.0. The maximum atomic E-state index is 12.9. The van der Waals surface area contributed by atoms with Crippen molar-refractivity contribution in [3.05, 3.63) is 102 Å². The number of carbonyl (C=O) groups excluding carboxylic acids is 1. The molecule has 4 rings (SSSR count). The van der Waals surface area contributed by atoms with E-state index in [0.29, 0.717) is 16.7 Å². The van der Waals surface area contributed by atoms with E-state index in [1.54, 1.807) is 66.7 Å². The standard InChI is InChI=1S/C22H17N3O4S/c26-21(23-17-10-3-1-4-11-17)19-15-16-9-7-8-14-20(16)29-22(19)24-25-30(27,28)18-12-5-2-6-13-18/h1-15,25H,(H,23,26). The van der Waals surface area contributed by atoms with Crippen LogP contribution >= 0.6 is 0 Å². The number of hydrogen-bond acceptors (Lipinski definition) is 5. The Kier molecular flexibility index (Phi) is 5.32. The first-order chi connectivity index (χ1) is 14.5. The Morgan fingerprint density at radius 1 is 0.833 bits per heavy atom. The fraction of sp³-hybridized carbons (Fsp3) is 0. The van der Waals surface area contributed by atoms with Gasteiger partial charge in [0.25, 0.3) is 15.9 Å². The number of nitrogens with one attached hydrogen (secondary N) is 2. The van der Waals surface area contributed by atoms with Crippen molar-refractivity contribution >= 4 is 32.6 Å². The number of benzene rings is 3.